The summed E-state index contributed by atoms with van der Waals surface area (Å²) in [7, 11) is 0. The van der Waals surface area contributed by atoms with E-state index < -0.39 is 0 Å². The molecule has 0 bridgehead atoms. The van der Waals surface area contributed by atoms with Gasteiger partial charge >= 0.3 is 0 Å². The fraction of sp³-hybridized carbons (Fsp3) is 0.474. The van der Waals surface area contributed by atoms with Crippen molar-refractivity contribution in [3.63, 3.8) is 0 Å². The van der Waals surface area contributed by atoms with Crippen LogP contribution in [0, 0.1) is 5.41 Å². The predicted molar refractivity (Wildman–Crippen MR) is 93.0 cm³/mol. The van der Waals surface area contributed by atoms with Gasteiger partial charge in [0, 0.05) is 44.6 Å². The molecule has 0 aliphatic carbocycles. The molecule has 2 amide bonds. The van der Waals surface area contributed by atoms with Crippen LogP contribution in [0.3, 0.4) is 0 Å². The Morgan fingerprint density at radius 3 is 2.81 bits per heavy atom. The predicted octanol–water partition coefficient (Wildman–Crippen LogP) is 2.11. The highest BCUT2D eigenvalue weighted by atomic mass is 16.5. The quantitative estimate of drug-likeness (QED) is 0.843. The normalized spacial score (nSPS) is 23.5. The Labute approximate surface area is 152 Å². The van der Waals surface area contributed by atoms with Crippen LogP contribution < -0.4 is 0 Å². The molecule has 7 nitrogen and oxygen atoms in total. The van der Waals surface area contributed by atoms with Crippen molar-refractivity contribution in [1.29, 1.82) is 0 Å². The Bertz CT molecular complexity index is 777. The molecule has 0 N–H and O–H groups in total. The maximum atomic E-state index is 13.1. The van der Waals surface area contributed by atoms with E-state index >= 15 is 0 Å². The number of aromatic nitrogens is 2. The van der Waals surface area contributed by atoms with Crippen LogP contribution in [0.1, 0.15) is 41.8 Å². The van der Waals surface area contributed by atoms with E-state index in [1.807, 2.05) is 23.2 Å². The molecule has 2 aliphatic heterocycles. The lowest BCUT2D eigenvalue weighted by Crippen LogP contribution is -2.36. The second-order valence-electron chi connectivity index (χ2n) is 7.14. The molecule has 0 radical (unpaired) electrons. The molecule has 2 aromatic heterocycles. The number of carbonyl (C=O) groups is 2. The van der Waals surface area contributed by atoms with Crippen molar-refractivity contribution in [1.82, 2.24) is 19.9 Å². The highest BCUT2D eigenvalue weighted by Crippen LogP contribution is 2.42. The van der Waals surface area contributed by atoms with E-state index in [0.717, 1.165) is 31.4 Å². The Hall–Kier alpha value is -2.70. The smallest absolute Gasteiger partial charge is 0.292 e. The van der Waals surface area contributed by atoms with E-state index in [2.05, 4.69) is 10.1 Å². The van der Waals surface area contributed by atoms with Crippen molar-refractivity contribution < 1.29 is 14.1 Å². The molecule has 0 saturated carbocycles. The van der Waals surface area contributed by atoms with Gasteiger partial charge < -0.3 is 14.3 Å². The third-order valence-corrected chi connectivity index (χ3v) is 5.58. The number of hydrogen-bond donors (Lipinski definition) is 0. The molecule has 2 fully saturated rings. The van der Waals surface area contributed by atoms with Crippen LogP contribution in [0.15, 0.2) is 41.3 Å². The van der Waals surface area contributed by atoms with Gasteiger partial charge in [0.15, 0.2) is 0 Å². The third kappa shape index (κ3) is 3.09. The first kappa shape index (κ1) is 16.8. The van der Waals surface area contributed by atoms with Crippen molar-refractivity contribution in [3.05, 3.63) is 48.1 Å². The SMILES string of the molecule is O=C(c1ccno1)N1CCC[C@@]2(CC1)CCN(Cc1cccnc1)C2=O. The van der Waals surface area contributed by atoms with Gasteiger partial charge in [0.1, 0.15) is 0 Å². The highest BCUT2D eigenvalue weighted by molar-refractivity contribution is 5.91. The minimum atomic E-state index is -0.335. The first-order chi connectivity index (χ1) is 12.7. The third-order valence-electron chi connectivity index (χ3n) is 5.58. The average molecular weight is 354 g/mol. The average Bonchev–Trinajstić information content (AvgIpc) is 3.23. The number of likely N-dealkylation sites (tertiary alicyclic amines) is 2. The van der Waals surface area contributed by atoms with Crippen LogP contribution in [0.2, 0.25) is 0 Å². The van der Waals surface area contributed by atoms with E-state index in [1.165, 1.54) is 6.20 Å². The minimum absolute atomic E-state index is 0.141. The molecule has 2 aromatic rings. The zero-order valence-electron chi connectivity index (χ0n) is 14.6. The van der Waals surface area contributed by atoms with Gasteiger partial charge in [-0.05, 0) is 37.3 Å². The second kappa shape index (κ2) is 6.90. The largest absolute Gasteiger partial charge is 0.351 e. The molecule has 4 heterocycles. The number of nitrogens with zero attached hydrogens (tertiary/aromatic N) is 4. The van der Waals surface area contributed by atoms with Gasteiger partial charge in [-0.15, -0.1) is 0 Å². The van der Waals surface area contributed by atoms with Crippen LogP contribution in [0.5, 0.6) is 0 Å². The van der Waals surface area contributed by atoms with Crippen LogP contribution >= 0.6 is 0 Å². The zero-order valence-corrected chi connectivity index (χ0v) is 14.6. The van der Waals surface area contributed by atoms with Crippen LogP contribution in [0.4, 0.5) is 0 Å². The van der Waals surface area contributed by atoms with E-state index in [4.69, 9.17) is 4.52 Å². The first-order valence-corrected chi connectivity index (χ1v) is 9.06. The molecule has 1 atom stereocenters. The van der Waals surface area contributed by atoms with E-state index in [0.29, 0.717) is 26.1 Å². The summed E-state index contributed by atoms with van der Waals surface area (Å²) in [6, 6.07) is 5.47. The maximum Gasteiger partial charge on any atom is 0.292 e. The highest BCUT2D eigenvalue weighted by Gasteiger charge is 2.47. The maximum absolute atomic E-state index is 13.1. The fourth-order valence-electron chi connectivity index (χ4n) is 4.10. The van der Waals surface area contributed by atoms with Crippen LogP contribution in [-0.2, 0) is 11.3 Å². The van der Waals surface area contributed by atoms with Gasteiger partial charge in [-0.3, -0.25) is 14.6 Å². The Morgan fingerprint density at radius 2 is 2.04 bits per heavy atom. The Kier molecular flexibility index (Phi) is 4.44. The monoisotopic (exact) mass is 354 g/mol. The molecule has 7 heteroatoms. The van der Waals surface area contributed by atoms with E-state index in [9.17, 15) is 9.59 Å². The van der Waals surface area contributed by atoms with Gasteiger partial charge in [-0.2, -0.15) is 0 Å². The summed E-state index contributed by atoms with van der Waals surface area (Å²) in [5.41, 5.74) is 0.715. The number of pyridine rings is 1. The summed E-state index contributed by atoms with van der Waals surface area (Å²) < 4.78 is 4.99. The van der Waals surface area contributed by atoms with Gasteiger partial charge in [0.25, 0.3) is 5.91 Å². The molecule has 26 heavy (non-hydrogen) atoms. The van der Waals surface area contributed by atoms with Crippen molar-refractivity contribution in [2.75, 3.05) is 19.6 Å². The lowest BCUT2D eigenvalue weighted by Gasteiger charge is -2.26. The lowest BCUT2D eigenvalue weighted by molar-refractivity contribution is -0.137. The summed E-state index contributed by atoms with van der Waals surface area (Å²) in [4.78, 5) is 33.5. The van der Waals surface area contributed by atoms with Crippen LogP contribution in [-0.4, -0.2) is 51.4 Å². The second-order valence-corrected chi connectivity index (χ2v) is 7.14. The van der Waals surface area contributed by atoms with Gasteiger partial charge in [0.2, 0.25) is 11.7 Å². The molecule has 0 aromatic carbocycles. The van der Waals surface area contributed by atoms with Crippen molar-refractivity contribution >= 4 is 11.8 Å². The van der Waals surface area contributed by atoms with E-state index in [1.54, 1.807) is 17.2 Å². The number of amides is 2. The summed E-state index contributed by atoms with van der Waals surface area (Å²) in [6.45, 7) is 2.60. The summed E-state index contributed by atoms with van der Waals surface area (Å²) >= 11 is 0. The molecular weight excluding hydrogens is 332 g/mol. The summed E-state index contributed by atoms with van der Waals surface area (Å²) in [5.74, 6) is 0.337. The molecule has 4 rings (SSSR count). The molecule has 136 valence electrons. The molecule has 1 spiro atoms. The van der Waals surface area contributed by atoms with Gasteiger partial charge in [-0.1, -0.05) is 11.2 Å². The van der Waals surface area contributed by atoms with Crippen molar-refractivity contribution in [2.24, 2.45) is 5.41 Å². The fourth-order valence-corrected chi connectivity index (χ4v) is 4.10. The topological polar surface area (TPSA) is 79.5 Å². The summed E-state index contributed by atoms with van der Waals surface area (Å²) in [5, 5.41) is 3.61. The number of rotatable bonds is 3. The summed E-state index contributed by atoms with van der Waals surface area (Å²) in [6.07, 6.45) is 8.24. The number of hydrogen-bond acceptors (Lipinski definition) is 5. The molecule has 2 aliphatic rings. The first-order valence-electron chi connectivity index (χ1n) is 9.06. The Balaban J connectivity index is 1.43. The van der Waals surface area contributed by atoms with Crippen LogP contribution in [0.25, 0.3) is 0 Å². The van der Waals surface area contributed by atoms with Crippen molar-refractivity contribution in [3.8, 4) is 0 Å². The minimum Gasteiger partial charge on any atom is -0.351 e. The molecular formula is C19H22N4O3. The number of carbonyl (C=O) groups excluding carboxylic acids is 2. The molecule has 2 saturated heterocycles. The standard InChI is InChI=1S/C19H22N4O3/c24-17(16-4-9-21-26-16)22-10-2-5-19(6-11-22)7-12-23(18(19)25)14-15-3-1-8-20-13-15/h1,3-4,8-9,13H,2,5-7,10-12,14H2/t19-/m1/s1. The molecule has 0 unspecified atom stereocenters. The van der Waals surface area contributed by atoms with E-state index in [-0.39, 0.29) is 23.0 Å². The van der Waals surface area contributed by atoms with Gasteiger partial charge in [-0.25, -0.2) is 0 Å². The van der Waals surface area contributed by atoms with Gasteiger partial charge in [0.05, 0.1) is 11.6 Å². The zero-order chi connectivity index (χ0) is 18.0. The lowest BCUT2D eigenvalue weighted by atomic mass is 9.79. The Morgan fingerprint density at radius 1 is 1.15 bits per heavy atom. The van der Waals surface area contributed by atoms with Crippen molar-refractivity contribution in [2.45, 2.75) is 32.2 Å².